The lowest BCUT2D eigenvalue weighted by Gasteiger charge is -2.16. The molecule has 38 heavy (non-hydrogen) atoms. The molecule has 0 fully saturated rings. The summed E-state index contributed by atoms with van der Waals surface area (Å²) in [6, 6.07) is 6.23. The average molecular weight is 549 g/mol. The molecular formula is C33H56O4S. The van der Waals surface area contributed by atoms with E-state index in [1.165, 1.54) is 108 Å². The zero-order valence-electron chi connectivity index (χ0n) is 25.0. The maximum absolute atomic E-state index is 11.2. The average Bonchev–Trinajstić information content (AvgIpc) is 2.89. The van der Waals surface area contributed by atoms with E-state index in [0.717, 1.165) is 37.0 Å². The van der Waals surface area contributed by atoms with Crippen molar-refractivity contribution in [2.45, 2.75) is 136 Å². The molecule has 218 valence electrons. The van der Waals surface area contributed by atoms with Crippen molar-refractivity contribution in [2.24, 2.45) is 5.92 Å². The lowest BCUT2D eigenvalue weighted by molar-refractivity contribution is 0.233. The molecule has 0 spiro atoms. The zero-order chi connectivity index (χ0) is 27.9. The number of hydrogen-bond acceptors (Lipinski definition) is 4. The quantitative estimate of drug-likeness (QED) is 0.0777. The molecule has 1 aromatic carbocycles. The zero-order valence-corrected chi connectivity index (χ0v) is 25.8. The van der Waals surface area contributed by atoms with Crippen LogP contribution in [0.5, 0.6) is 5.75 Å². The van der Waals surface area contributed by atoms with Gasteiger partial charge in [-0.2, -0.15) is 8.42 Å². The van der Waals surface area contributed by atoms with Crippen molar-refractivity contribution < 1.29 is 17.3 Å². The van der Waals surface area contributed by atoms with E-state index in [2.05, 4.69) is 44.7 Å². The van der Waals surface area contributed by atoms with Gasteiger partial charge >= 0.3 is 0 Å². The predicted molar refractivity (Wildman–Crippen MR) is 162 cm³/mol. The summed E-state index contributed by atoms with van der Waals surface area (Å²) < 4.78 is 33.4. The summed E-state index contributed by atoms with van der Waals surface area (Å²) in [5.41, 5.74) is 2.09. The van der Waals surface area contributed by atoms with E-state index in [1.807, 2.05) is 6.07 Å². The Morgan fingerprint density at radius 2 is 1.34 bits per heavy atom. The van der Waals surface area contributed by atoms with Crippen LogP contribution in [0.1, 0.15) is 141 Å². The van der Waals surface area contributed by atoms with Gasteiger partial charge in [0, 0.05) is 5.56 Å². The maximum Gasteiger partial charge on any atom is 0.265 e. The second kappa shape index (κ2) is 22.3. The Kier molecular flexibility index (Phi) is 20.3. The summed E-state index contributed by atoms with van der Waals surface area (Å²) in [5, 5.41) is 0. The number of ether oxygens (including phenoxy) is 1. The van der Waals surface area contributed by atoms with Gasteiger partial charge in [0.05, 0.1) is 12.9 Å². The van der Waals surface area contributed by atoms with Crippen molar-refractivity contribution in [1.29, 1.82) is 0 Å². The Morgan fingerprint density at radius 1 is 0.763 bits per heavy atom. The lowest BCUT2D eigenvalue weighted by atomic mass is 10.0. The molecule has 0 radical (unpaired) electrons. The van der Waals surface area contributed by atoms with Gasteiger partial charge in [0.15, 0.2) is 0 Å². The molecule has 0 heterocycles. The van der Waals surface area contributed by atoms with Gasteiger partial charge in [-0.1, -0.05) is 129 Å². The Bertz CT molecular complexity index is 882. The fourth-order valence-corrected chi connectivity index (χ4v) is 4.97. The fraction of sp³-hybridized carbons (Fsp3) is 0.758. The number of benzene rings is 1. The van der Waals surface area contributed by atoms with Crippen LogP contribution < -0.4 is 4.74 Å². The summed E-state index contributed by atoms with van der Waals surface area (Å²) in [4.78, 5) is 0. The first-order valence-corrected chi connectivity index (χ1v) is 17.3. The topological polar surface area (TPSA) is 52.6 Å². The minimum absolute atomic E-state index is 0.132. The van der Waals surface area contributed by atoms with Gasteiger partial charge in [-0.05, 0) is 48.9 Å². The van der Waals surface area contributed by atoms with Gasteiger partial charge < -0.3 is 4.74 Å². The van der Waals surface area contributed by atoms with Gasteiger partial charge in [-0.25, -0.2) is 0 Å². The maximum atomic E-state index is 11.2. The van der Waals surface area contributed by atoms with Crippen LogP contribution in [0.3, 0.4) is 0 Å². The highest BCUT2D eigenvalue weighted by Gasteiger charge is 2.08. The normalized spacial score (nSPS) is 12.2. The van der Waals surface area contributed by atoms with Crippen molar-refractivity contribution >= 4 is 10.1 Å². The molecule has 1 unspecified atom stereocenters. The van der Waals surface area contributed by atoms with E-state index in [-0.39, 0.29) is 6.61 Å². The first-order valence-electron chi connectivity index (χ1n) is 15.5. The van der Waals surface area contributed by atoms with E-state index in [0.29, 0.717) is 5.92 Å². The van der Waals surface area contributed by atoms with E-state index >= 15 is 0 Å². The highest BCUT2D eigenvalue weighted by molar-refractivity contribution is 7.86. The van der Waals surface area contributed by atoms with Crippen LogP contribution in [-0.4, -0.2) is 27.9 Å². The van der Waals surface area contributed by atoms with Gasteiger partial charge in [0.1, 0.15) is 12.4 Å². The third kappa shape index (κ3) is 19.5. The predicted octanol–water partition coefficient (Wildman–Crippen LogP) is 9.24. The molecule has 0 aliphatic carbocycles. The smallest absolute Gasteiger partial charge is 0.265 e. The number of aryl methyl sites for hydroxylation is 1. The minimum Gasteiger partial charge on any atom is -0.493 e. The summed E-state index contributed by atoms with van der Waals surface area (Å²) in [7, 11) is -3.48. The van der Waals surface area contributed by atoms with Crippen LogP contribution in [0.2, 0.25) is 0 Å². The first kappa shape index (κ1) is 34.5. The van der Waals surface area contributed by atoms with Gasteiger partial charge in [-0.3, -0.25) is 4.18 Å². The number of rotatable bonds is 23. The summed E-state index contributed by atoms with van der Waals surface area (Å²) in [5.74, 6) is 7.32. The number of hydrogen-bond donors (Lipinski definition) is 0. The highest BCUT2D eigenvalue weighted by atomic mass is 32.2. The molecule has 0 aromatic heterocycles. The van der Waals surface area contributed by atoms with Crippen molar-refractivity contribution in [3.63, 3.8) is 0 Å². The van der Waals surface area contributed by atoms with Crippen LogP contribution in [0.15, 0.2) is 18.2 Å². The van der Waals surface area contributed by atoms with Crippen LogP contribution >= 0.6 is 0 Å². The highest BCUT2D eigenvalue weighted by Crippen LogP contribution is 2.22. The second-order valence-electron chi connectivity index (χ2n) is 10.9. The molecule has 0 N–H and O–H groups in total. The van der Waals surface area contributed by atoms with Crippen LogP contribution in [-0.2, 0) is 20.7 Å². The van der Waals surface area contributed by atoms with Gasteiger partial charge in [0.2, 0.25) is 0 Å². The third-order valence-corrected chi connectivity index (χ3v) is 7.69. The van der Waals surface area contributed by atoms with E-state index in [9.17, 15) is 8.42 Å². The molecule has 0 bridgehead atoms. The molecule has 0 aliphatic heterocycles. The first-order chi connectivity index (χ1) is 18.4. The molecule has 1 aromatic rings. The van der Waals surface area contributed by atoms with Crippen LogP contribution in [0, 0.1) is 17.8 Å². The van der Waals surface area contributed by atoms with E-state index < -0.39 is 10.1 Å². The molecule has 0 aliphatic rings. The SMILES string of the molecule is CCCCCCCCCCCCCCCc1cc(C#CCOS(C)(=O)=O)cc(OCC(CC)CCCC)c1. The van der Waals surface area contributed by atoms with E-state index in [4.69, 9.17) is 8.92 Å². The van der Waals surface area contributed by atoms with Crippen LogP contribution in [0.25, 0.3) is 0 Å². The Balaban J connectivity index is 2.50. The molecule has 5 heteroatoms. The minimum atomic E-state index is -3.48. The standard InChI is InChI=1S/C33H56O4S/c1-5-8-10-11-12-13-14-15-16-17-18-19-20-23-31-26-32(24-21-25-37-38(4,34)35)28-33(27-31)36-29-30(7-3)22-9-6-2/h26-28,30H,5-20,22-23,25,29H2,1-4H3. The second-order valence-corrected chi connectivity index (χ2v) is 12.5. The molecule has 4 nitrogen and oxygen atoms in total. The number of unbranched alkanes of at least 4 members (excludes halogenated alkanes) is 13. The van der Waals surface area contributed by atoms with Crippen molar-refractivity contribution in [1.82, 2.24) is 0 Å². The summed E-state index contributed by atoms with van der Waals surface area (Å²) in [6.07, 6.45) is 24.4. The summed E-state index contributed by atoms with van der Waals surface area (Å²) in [6.45, 7) is 7.33. The van der Waals surface area contributed by atoms with Crippen LogP contribution in [0.4, 0.5) is 0 Å². The Morgan fingerprint density at radius 3 is 1.89 bits per heavy atom. The van der Waals surface area contributed by atoms with Crippen molar-refractivity contribution in [3.8, 4) is 17.6 Å². The molecule has 1 atom stereocenters. The molecule has 1 rings (SSSR count). The fourth-order valence-electron chi connectivity index (χ4n) is 4.69. The summed E-state index contributed by atoms with van der Waals surface area (Å²) >= 11 is 0. The monoisotopic (exact) mass is 548 g/mol. The molecule has 0 amide bonds. The van der Waals surface area contributed by atoms with Crippen molar-refractivity contribution in [3.05, 3.63) is 29.3 Å². The molecule has 0 saturated heterocycles. The molecule has 0 saturated carbocycles. The Hall–Kier alpha value is -1.51. The van der Waals surface area contributed by atoms with Gasteiger partial charge in [0.25, 0.3) is 10.1 Å². The third-order valence-electron chi connectivity index (χ3n) is 7.14. The van der Waals surface area contributed by atoms with Gasteiger partial charge in [-0.15, -0.1) is 0 Å². The lowest BCUT2D eigenvalue weighted by Crippen LogP contribution is -2.11. The molecular weight excluding hydrogens is 492 g/mol. The largest absolute Gasteiger partial charge is 0.493 e. The Labute approximate surface area is 235 Å². The van der Waals surface area contributed by atoms with E-state index in [1.54, 1.807) is 0 Å². The van der Waals surface area contributed by atoms with Crippen molar-refractivity contribution in [2.75, 3.05) is 19.5 Å².